The van der Waals surface area contributed by atoms with Crippen LogP contribution < -0.4 is 9.47 Å². The minimum Gasteiger partial charge on any atom is -0.497 e. The quantitative estimate of drug-likeness (QED) is 0.893. The third-order valence-corrected chi connectivity index (χ3v) is 3.40. The number of aromatic nitrogens is 1. The van der Waals surface area contributed by atoms with Crippen LogP contribution in [0.25, 0.3) is 0 Å². The van der Waals surface area contributed by atoms with Gasteiger partial charge in [0.1, 0.15) is 23.7 Å². The molecule has 0 amide bonds. The van der Waals surface area contributed by atoms with Gasteiger partial charge in [-0.25, -0.2) is 4.79 Å². The number of halogens is 1. The van der Waals surface area contributed by atoms with Gasteiger partial charge >= 0.3 is 5.97 Å². The number of para-hydroxylation sites is 1. The van der Waals surface area contributed by atoms with E-state index in [1.807, 2.05) is 13.0 Å². The van der Waals surface area contributed by atoms with Crippen molar-refractivity contribution in [3.8, 4) is 11.5 Å². The Hall–Kier alpha value is -2.08. The van der Waals surface area contributed by atoms with Crippen molar-refractivity contribution in [1.82, 2.24) is 4.98 Å². The third kappa shape index (κ3) is 3.72. The molecule has 0 aliphatic carbocycles. The lowest BCUT2D eigenvalue weighted by molar-refractivity contribution is 0.0691. The molecule has 1 N–H and O–H groups in total. The van der Waals surface area contributed by atoms with Crippen molar-refractivity contribution in [2.45, 2.75) is 13.5 Å². The fraction of sp³-hybridized carbons (Fsp3) is 0.200. The maximum atomic E-state index is 11.2. The maximum absolute atomic E-state index is 11.2. The second-order valence-corrected chi connectivity index (χ2v) is 5.20. The zero-order valence-corrected chi connectivity index (χ0v) is 13.2. The summed E-state index contributed by atoms with van der Waals surface area (Å²) in [7, 11) is 1.58. The van der Waals surface area contributed by atoms with Crippen LogP contribution in [-0.2, 0) is 6.61 Å². The number of hydrogen-bond donors (Lipinski definition) is 1. The summed E-state index contributed by atoms with van der Waals surface area (Å²) in [5, 5.41) is 9.18. The number of methoxy groups -OCH3 is 1. The summed E-state index contributed by atoms with van der Waals surface area (Å²) in [5.74, 6) is -0.0694. The molecule has 1 heterocycles. The van der Waals surface area contributed by atoms with Gasteiger partial charge in [0.05, 0.1) is 17.3 Å². The summed E-state index contributed by atoms with van der Waals surface area (Å²) >= 11 is 3.30. The van der Waals surface area contributed by atoms with Gasteiger partial charge in [-0.3, -0.25) is 4.98 Å². The van der Waals surface area contributed by atoms with Crippen molar-refractivity contribution in [3.63, 3.8) is 0 Å². The summed E-state index contributed by atoms with van der Waals surface area (Å²) in [6.07, 6.45) is 0. The first kappa shape index (κ1) is 15.3. The zero-order valence-electron chi connectivity index (χ0n) is 11.6. The average molecular weight is 352 g/mol. The number of aromatic carboxylic acids is 1. The fourth-order valence-electron chi connectivity index (χ4n) is 1.86. The number of benzene rings is 1. The number of nitrogens with zero attached hydrogens (tertiary/aromatic N) is 1. The molecule has 0 saturated carbocycles. The molecule has 5 nitrogen and oxygen atoms in total. The Morgan fingerprint density at radius 3 is 2.81 bits per heavy atom. The van der Waals surface area contributed by atoms with Crippen LogP contribution in [0.1, 0.15) is 21.7 Å². The van der Waals surface area contributed by atoms with Crippen LogP contribution >= 0.6 is 15.9 Å². The van der Waals surface area contributed by atoms with E-state index < -0.39 is 5.97 Å². The summed E-state index contributed by atoms with van der Waals surface area (Å²) < 4.78 is 11.4. The molecule has 1 aromatic heterocycles. The van der Waals surface area contributed by atoms with Crippen molar-refractivity contribution < 1.29 is 19.4 Å². The molecule has 2 rings (SSSR count). The Balaban J connectivity index is 2.24. The molecule has 0 aliphatic rings. The van der Waals surface area contributed by atoms with E-state index in [1.54, 1.807) is 25.3 Å². The number of pyridine rings is 1. The van der Waals surface area contributed by atoms with E-state index in [9.17, 15) is 9.90 Å². The summed E-state index contributed by atoms with van der Waals surface area (Å²) in [5.41, 5.74) is 1.57. The molecule has 0 bridgehead atoms. The number of carboxylic acids is 1. The van der Waals surface area contributed by atoms with Crippen LogP contribution in [0.5, 0.6) is 11.5 Å². The predicted octanol–water partition coefficient (Wildman–Crippen LogP) is 3.44. The van der Waals surface area contributed by atoms with E-state index in [1.165, 1.54) is 6.07 Å². The van der Waals surface area contributed by atoms with E-state index in [-0.39, 0.29) is 17.9 Å². The van der Waals surface area contributed by atoms with Gasteiger partial charge in [0.25, 0.3) is 0 Å². The molecule has 0 atom stereocenters. The Morgan fingerprint density at radius 1 is 1.38 bits per heavy atom. The Labute approximate surface area is 130 Å². The molecular weight excluding hydrogens is 338 g/mol. The molecule has 0 aliphatic heterocycles. The second-order valence-electron chi connectivity index (χ2n) is 4.35. The lowest BCUT2D eigenvalue weighted by Crippen LogP contribution is -2.05. The molecule has 21 heavy (non-hydrogen) atoms. The van der Waals surface area contributed by atoms with Gasteiger partial charge in [0, 0.05) is 17.8 Å². The molecule has 0 unspecified atom stereocenters. The van der Waals surface area contributed by atoms with Crippen molar-refractivity contribution in [2.24, 2.45) is 0 Å². The van der Waals surface area contributed by atoms with Crippen LogP contribution in [0.4, 0.5) is 0 Å². The van der Waals surface area contributed by atoms with Crippen LogP contribution in [0, 0.1) is 6.92 Å². The predicted molar refractivity (Wildman–Crippen MR) is 81.0 cm³/mol. The minimum absolute atomic E-state index is 0.101. The van der Waals surface area contributed by atoms with E-state index in [2.05, 4.69) is 20.9 Å². The molecular formula is C15H14BrNO4. The number of rotatable bonds is 5. The number of carbonyl (C=O) groups is 1. The Morgan fingerprint density at radius 2 is 2.14 bits per heavy atom. The van der Waals surface area contributed by atoms with Gasteiger partial charge < -0.3 is 14.6 Å². The minimum atomic E-state index is -1.04. The van der Waals surface area contributed by atoms with Gasteiger partial charge in [-0.05, 0) is 35.0 Å². The first-order valence-corrected chi connectivity index (χ1v) is 6.96. The number of ether oxygens (including phenoxy) is 2. The maximum Gasteiger partial charge on any atom is 0.339 e. The third-order valence-electron chi connectivity index (χ3n) is 2.78. The standard InChI is InChI=1S/C15H14BrNO4/c1-9-6-11(20-2)7-10(17-9)8-21-14-12(15(18)19)4-3-5-13(14)16/h3-7H,8H2,1-2H3,(H,18,19). The van der Waals surface area contributed by atoms with E-state index in [0.717, 1.165) is 5.69 Å². The summed E-state index contributed by atoms with van der Waals surface area (Å²) in [4.78, 5) is 15.5. The molecule has 0 fully saturated rings. The molecule has 0 radical (unpaired) electrons. The highest BCUT2D eigenvalue weighted by molar-refractivity contribution is 9.10. The molecule has 0 saturated heterocycles. The van der Waals surface area contributed by atoms with Gasteiger partial charge in [-0.15, -0.1) is 0 Å². The fourth-order valence-corrected chi connectivity index (χ4v) is 2.35. The molecule has 6 heteroatoms. The van der Waals surface area contributed by atoms with Crippen molar-refractivity contribution >= 4 is 21.9 Å². The van der Waals surface area contributed by atoms with Crippen molar-refractivity contribution in [2.75, 3.05) is 7.11 Å². The highest BCUT2D eigenvalue weighted by Gasteiger charge is 2.14. The van der Waals surface area contributed by atoms with E-state index in [0.29, 0.717) is 15.9 Å². The highest BCUT2D eigenvalue weighted by atomic mass is 79.9. The topological polar surface area (TPSA) is 68.7 Å². The first-order valence-electron chi connectivity index (χ1n) is 6.17. The van der Waals surface area contributed by atoms with Crippen molar-refractivity contribution in [3.05, 3.63) is 51.8 Å². The van der Waals surface area contributed by atoms with Crippen LogP contribution in [-0.4, -0.2) is 23.2 Å². The number of carboxylic acid groups (broad SMARTS) is 1. The van der Waals surface area contributed by atoms with Gasteiger partial charge in [0.2, 0.25) is 0 Å². The molecule has 110 valence electrons. The van der Waals surface area contributed by atoms with Crippen molar-refractivity contribution in [1.29, 1.82) is 0 Å². The normalized spacial score (nSPS) is 10.2. The van der Waals surface area contributed by atoms with Gasteiger partial charge in [-0.1, -0.05) is 6.07 Å². The van der Waals surface area contributed by atoms with E-state index >= 15 is 0 Å². The first-order chi connectivity index (χ1) is 10.0. The lowest BCUT2D eigenvalue weighted by atomic mass is 10.2. The molecule has 2 aromatic rings. The van der Waals surface area contributed by atoms with Gasteiger partial charge in [-0.2, -0.15) is 0 Å². The van der Waals surface area contributed by atoms with E-state index in [4.69, 9.17) is 9.47 Å². The smallest absolute Gasteiger partial charge is 0.339 e. The van der Waals surface area contributed by atoms with Crippen LogP contribution in [0.3, 0.4) is 0 Å². The molecule has 1 aromatic carbocycles. The summed E-state index contributed by atoms with van der Waals surface area (Å²) in [6, 6.07) is 8.43. The lowest BCUT2D eigenvalue weighted by Gasteiger charge is -2.11. The summed E-state index contributed by atoms with van der Waals surface area (Å²) in [6.45, 7) is 2.01. The average Bonchev–Trinajstić information content (AvgIpc) is 2.45. The number of aryl methyl sites for hydroxylation is 1. The molecule has 0 spiro atoms. The van der Waals surface area contributed by atoms with Crippen LogP contribution in [0.2, 0.25) is 0 Å². The number of hydrogen-bond acceptors (Lipinski definition) is 4. The zero-order chi connectivity index (χ0) is 15.4. The SMILES string of the molecule is COc1cc(C)nc(COc2c(Br)cccc2C(=O)O)c1. The Bertz CT molecular complexity index is 673. The van der Waals surface area contributed by atoms with Gasteiger partial charge in [0.15, 0.2) is 0 Å². The van der Waals surface area contributed by atoms with Crippen LogP contribution in [0.15, 0.2) is 34.8 Å². The highest BCUT2D eigenvalue weighted by Crippen LogP contribution is 2.30. The second kappa shape index (κ2) is 6.58. The Kier molecular flexibility index (Phi) is 4.80. The largest absolute Gasteiger partial charge is 0.497 e. The monoisotopic (exact) mass is 351 g/mol.